The number of hydrogen-bond acceptors (Lipinski definition) is 0. The number of unbranched alkanes of at least 4 members (excludes halogenated alkanes) is 2. The summed E-state index contributed by atoms with van der Waals surface area (Å²) in [4.78, 5) is 0. The molecule has 0 radical (unpaired) electrons. The predicted molar refractivity (Wildman–Crippen MR) is 66.9 cm³/mol. The van der Waals surface area contributed by atoms with Crippen LogP contribution in [0.2, 0.25) is 0 Å². The first-order valence-corrected chi connectivity index (χ1v) is 5.85. The van der Waals surface area contributed by atoms with Gasteiger partial charge in [-0.1, -0.05) is 68.3 Å². The van der Waals surface area contributed by atoms with Gasteiger partial charge < -0.3 is 0 Å². The van der Waals surface area contributed by atoms with Gasteiger partial charge in [-0.15, -0.1) is 0 Å². The first kappa shape index (κ1) is 10.2. The molecule has 0 spiro atoms. The van der Waals surface area contributed by atoms with Crippen LogP contribution < -0.4 is 0 Å². The maximum Gasteiger partial charge on any atom is 0.0207 e. The average molecular weight is 198 g/mol. The third-order valence-electron chi connectivity index (χ3n) is 2.91. The molecule has 0 saturated carbocycles. The fourth-order valence-corrected chi connectivity index (χ4v) is 2.01. The van der Waals surface area contributed by atoms with E-state index in [-0.39, 0.29) is 0 Å². The van der Waals surface area contributed by atoms with Gasteiger partial charge in [0, 0.05) is 5.92 Å². The molecule has 1 unspecified atom stereocenters. The summed E-state index contributed by atoms with van der Waals surface area (Å²) in [6.07, 6.45) is 13.0. The Bertz CT molecular complexity index is 371. The minimum Gasteiger partial charge on any atom is -0.0876 e. The molecule has 0 fully saturated rings. The van der Waals surface area contributed by atoms with Gasteiger partial charge in [0.1, 0.15) is 0 Å². The van der Waals surface area contributed by atoms with Gasteiger partial charge in [0.25, 0.3) is 0 Å². The highest BCUT2D eigenvalue weighted by molar-refractivity contribution is 5.63. The van der Waals surface area contributed by atoms with Crippen LogP contribution >= 0.6 is 0 Å². The van der Waals surface area contributed by atoms with Crippen molar-refractivity contribution in [2.24, 2.45) is 0 Å². The van der Waals surface area contributed by atoms with Gasteiger partial charge in [0.05, 0.1) is 0 Å². The monoisotopic (exact) mass is 198 g/mol. The first-order valence-electron chi connectivity index (χ1n) is 5.85. The minimum absolute atomic E-state index is 0.512. The Morgan fingerprint density at radius 1 is 1.27 bits per heavy atom. The van der Waals surface area contributed by atoms with Gasteiger partial charge in [-0.2, -0.15) is 0 Å². The summed E-state index contributed by atoms with van der Waals surface area (Å²) in [5.74, 6) is 0.512. The molecule has 1 aliphatic carbocycles. The van der Waals surface area contributed by atoms with Gasteiger partial charge in [0.15, 0.2) is 0 Å². The number of hydrogen-bond donors (Lipinski definition) is 0. The molecule has 0 N–H and O–H groups in total. The second-order valence-corrected chi connectivity index (χ2v) is 4.08. The summed E-state index contributed by atoms with van der Waals surface area (Å²) in [5, 5.41) is 0. The molecule has 78 valence electrons. The van der Waals surface area contributed by atoms with Crippen LogP contribution in [0.1, 0.15) is 43.2 Å². The Labute approximate surface area is 92.3 Å². The van der Waals surface area contributed by atoms with Gasteiger partial charge in [-0.3, -0.25) is 0 Å². The van der Waals surface area contributed by atoms with Crippen molar-refractivity contribution in [1.29, 1.82) is 0 Å². The van der Waals surface area contributed by atoms with Crippen molar-refractivity contribution in [2.45, 2.75) is 32.1 Å². The van der Waals surface area contributed by atoms with E-state index >= 15 is 0 Å². The highest BCUT2D eigenvalue weighted by Gasteiger charge is 2.12. The highest BCUT2D eigenvalue weighted by atomic mass is 14.2. The first-order chi connectivity index (χ1) is 7.42. The van der Waals surface area contributed by atoms with Crippen LogP contribution in [0.15, 0.2) is 42.5 Å². The van der Waals surface area contributed by atoms with E-state index in [1.54, 1.807) is 0 Å². The normalized spacial score (nSPS) is 18.6. The minimum atomic E-state index is 0.512. The molecule has 1 aliphatic rings. The van der Waals surface area contributed by atoms with Crippen molar-refractivity contribution < 1.29 is 0 Å². The summed E-state index contributed by atoms with van der Waals surface area (Å²) >= 11 is 0. The predicted octanol–water partition coefficient (Wildman–Crippen LogP) is 4.54. The lowest BCUT2D eigenvalue weighted by Gasteiger charge is -2.04. The molecule has 1 aromatic rings. The lowest BCUT2D eigenvalue weighted by Crippen LogP contribution is -1.87. The third kappa shape index (κ3) is 2.38. The largest absolute Gasteiger partial charge is 0.0876 e. The molecule has 1 aromatic carbocycles. The van der Waals surface area contributed by atoms with Crippen LogP contribution in [0.5, 0.6) is 0 Å². The lowest BCUT2D eigenvalue weighted by atomic mass is 10.00. The molecule has 0 amide bonds. The third-order valence-corrected chi connectivity index (χ3v) is 2.91. The van der Waals surface area contributed by atoms with Crippen LogP contribution in [-0.2, 0) is 0 Å². The molecule has 1 atom stereocenters. The molecule has 0 heteroatoms. The van der Waals surface area contributed by atoms with E-state index in [1.165, 1.54) is 30.4 Å². The Hall–Kier alpha value is -1.30. The fraction of sp³-hybridized carbons (Fsp3) is 0.333. The smallest absolute Gasteiger partial charge is 0.0207 e. The quantitative estimate of drug-likeness (QED) is 0.492. The van der Waals surface area contributed by atoms with E-state index in [0.29, 0.717) is 5.92 Å². The van der Waals surface area contributed by atoms with Gasteiger partial charge in [-0.05, 0) is 17.5 Å². The number of benzene rings is 1. The topological polar surface area (TPSA) is 0 Å². The molecule has 0 aliphatic heterocycles. The molecule has 2 rings (SSSR count). The Morgan fingerprint density at radius 3 is 3.00 bits per heavy atom. The van der Waals surface area contributed by atoms with Crippen LogP contribution in [-0.4, -0.2) is 0 Å². The molecule has 0 aromatic heterocycles. The Balaban J connectivity index is 2.02. The average Bonchev–Trinajstić information content (AvgIpc) is 2.68. The van der Waals surface area contributed by atoms with Crippen molar-refractivity contribution in [3.63, 3.8) is 0 Å². The van der Waals surface area contributed by atoms with E-state index in [4.69, 9.17) is 0 Å². The molecule has 0 heterocycles. The van der Waals surface area contributed by atoms with Crippen LogP contribution in [0, 0.1) is 0 Å². The van der Waals surface area contributed by atoms with E-state index in [2.05, 4.69) is 55.5 Å². The molecule has 0 nitrogen and oxygen atoms in total. The summed E-state index contributed by atoms with van der Waals surface area (Å²) in [6, 6.07) is 8.64. The SMILES string of the molecule is CCCCC=CC1C=Cc2ccccc21. The summed E-state index contributed by atoms with van der Waals surface area (Å²) in [6.45, 7) is 2.23. The Kier molecular flexibility index (Phi) is 3.39. The van der Waals surface area contributed by atoms with Crippen molar-refractivity contribution in [3.8, 4) is 0 Å². The van der Waals surface area contributed by atoms with E-state index in [0.717, 1.165) is 0 Å². The van der Waals surface area contributed by atoms with E-state index in [1.807, 2.05) is 0 Å². The van der Waals surface area contributed by atoms with Crippen LogP contribution in [0.3, 0.4) is 0 Å². The van der Waals surface area contributed by atoms with Crippen LogP contribution in [0.25, 0.3) is 6.08 Å². The maximum atomic E-state index is 2.33. The standard InChI is InChI=1S/C15H18/c1-2-3-4-5-8-13-11-12-14-9-6-7-10-15(13)14/h5-13H,2-4H2,1H3. The summed E-state index contributed by atoms with van der Waals surface area (Å²) in [7, 11) is 0. The number of allylic oxidation sites excluding steroid dienone is 3. The molecule has 0 saturated heterocycles. The molecule has 15 heavy (non-hydrogen) atoms. The van der Waals surface area contributed by atoms with Gasteiger partial charge in [-0.25, -0.2) is 0 Å². The van der Waals surface area contributed by atoms with Crippen molar-refractivity contribution in [1.82, 2.24) is 0 Å². The second-order valence-electron chi connectivity index (χ2n) is 4.08. The van der Waals surface area contributed by atoms with E-state index in [9.17, 15) is 0 Å². The molecular weight excluding hydrogens is 180 g/mol. The van der Waals surface area contributed by atoms with Crippen molar-refractivity contribution >= 4 is 6.08 Å². The Morgan fingerprint density at radius 2 is 2.13 bits per heavy atom. The van der Waals surface area contributed by atoms with Crippen LogP contribution in [0.4, 0.5) is 0 Å². The number of rotatable bonds is 4. The van der Waals surface area contributed by atoms with Crippen molar-refractivity contribution in [2.75, 3.05) is 0 Å². The fourth-order valence-electron chi connectivity index (χ4n) is 2.01. The van der Waals surface area contributed by atoms with Gasteiger partial charge >= 0.3 is 0 Å². The lowest BCUT2D eigenvalue weighted by molar-refractivity contribution is 0.811. The van der Waals surface area contributed by atoms with E-state index < -0.39 is 0 Å². The molecular formula is C15H18. The maximum absolute atomic E-state index is 2.33. The zero-order valence-electron chi connectivity index (χ0n) is 9.32. The zero-order valence-corrected chi connectivity index (χ0v) is 9.32. The summed E-state index contributed by atoms with van der Waals surface area (Å²) in [5.41, 5.74) is 2.83. The number of fused-ring (bicyclic) bond motifs is 1. The highest BCUT2D eigenvalue weighted by Crippen LogP contribution is 2.30. The van der Waals surface area contributed by atoms with Crippen molar-refractivity contribution in [3.05, 3.63) is 53.6 Å². The van der Waals surface area contributed by atoms with Gasteiger partial charge in [0.2, 0.25) is 0 Å². The molecule has 0 bridgehead atoms. The zero-order chi connectivity index (χ0) is 10.5. The second kappa shape index (κ2) is 4.97. The summed E-state index contributed by atoms with van der Waals surface area (Å²) < 4.78 is 0.